The molecule has 5 heteroatoms. The summed E-state index contributed by atoms with van der Waals surface area (Å²) in [6.07, 6.45) is 1.06. The van der Waals surface area contributed by atoms with E-state index >= 15 is 0 Å². The molecule has 1 aliphatic rings. The molecule has 0 aromatic carbocycles. The fourth-order valence-electron chi connectivity index (χ4n) is 2.38. The number of piperidine rings is 1. The lowest BCUT2D eigenvalue weighted by atomic mass is 9.76. The van der Waals surface area contributed by atoms with Gasteiger partial charge in [-0.15, -0.1) is 0 Å². The molecule has 0 saturated carbocycles. The number of aliphatic carboxylic acids is 1. The third-order valence-corrected chi connectivity index (χ3v) is 3.13. The summed E-state index contributed by atoms with van der Waals surface area (Å²) in [6, 6.07) is -0.818. The Balaban J connectivity index is 2.91. The number of carboxylic acids is 1. The molecule has 1 heterocycles. The van der Waals surface area contributed by atoms with Crippen LogP contribution in [0.3, 0.4) is 0 Å². The highest BCUT2D eigenvalue weighted by Crippen LogP contribution is 2.35. The zero-order chi connectivity index (χ0) is 14.1. The van der Waals surface area contributed by atoms with Crippen LogP contribution in [0.4, 0.5) is 4.79 Å². The fourth-order valence-corrected chi connectivity index (χ4v) is 2.38. The topological polar surface area (TPSA) is 66.8 Å². The number of rotatable bonds is 1. The van der Waals surface area contributed by atoms with E-state index in [1.807, 2.05) is 13.8 Å². The Labute approximate surface area is 108 Å². The Morgan fingerprint density at radius 2 is 1.89 bits per heavy atom. The van der Waals surface area contributed by atoms with Gasteiger partial charge in [0.2, 0.25) is 0 Å². The molecule has 1 saturated heterocycles. The third-order valence-electron chi connectivity index (χ3n) is 3.13. The lowest BCUT2D eigenvalue weighted by Gasteiger charge is -2.43. The number of carbonyl (C=O) groups is 2. The highest BCUT2D eigenvalue weighted by molar-refractivity contribution is 5.81. The maximum absolute atomic E-state index is 12.1. The Kier molecular flexibility index (Phi) is 3.93. The first-order valence-electron chi connectivity index (χ1n) is 6.27. The van der Waals surface area contributed by atoms with Crippen LogP contribution in [0, 0.1) is 5.41 Å². The first kappa shape index (κ1) is 14.8. The minimum absolute atomic E-state index is 0.430. The molecule has 1 N–H and O–H groups in total. The van der Waals surface area contributed by atoms with Gasteiger partial charge in [0.05, 0.1) is 0 Å². The normalized spacial score (nSPS) is 23.6. The second-order valence-electron chi connectivity index (χ2n) is 6.51. The maximum atomic E-state index is 12.1. The van der Waals surface area contributed by atoms with Crippen LogP contribution in [0.25, 0.3) is 0 Å². The summed E-state index contributed by atoms with van der Waals surface area (Å²) in [4.78, 5) is 24.8. The van der Waals surface area contributed by atoms with E-state index in [1.165, 1.54) is 4.90 Å². The highest BCUT2D eigenvalue weighted by Gasteiger charge is 2.45. The van der Waals surface area contributed by atoms with Crippen molar-refractivity contribution in [2.45, 2.75) is 59.1 Å². The summed E-state index contributed by atoms with van der Waals surface area (Å²) in [5.74, 6) is -0.967. The molecule has 18 heavy (non-hydrogen) atoms. The van der Waals surface area contributed by atoms with Crippen LogP contribution in [-0.2, 0) is 9.53 Å². The van der Waals surface area contributed by atoms with Gasteiger partial charge in [-0.25, -0.2) is 9.59 Å². The quantitative estimate of drug-likeness (QED) is 0.783. The molecular formula is C13H23NO4. The maximum Gasteiger partial charge on any atom is 0.411 e. The summed E-state index contributed by atoms with van der Waals surface area (Å²) < 4.78 is 5.27. The SMILES string of the molecule is CC(C)(C)OC(=O)N1CCCC(C)(C)[C@H]1C(=O)O. The zero-order valence-corrected chi connectivity index (χ0v) is 11.8. The third kappa shape index (κ3) is 3.37. The van der Waals surface area contributed by atoms with E-state index in [0.29, 0.717) is 6.54 Å². The van der Waals surface area contributed by atoms with Crippen molar-refractivity contribution < 1.29 is 19.4 Å². The molecule has 0 aromatic rings. The van der Waals surface area contributed by atoms with E-state index in [2.05, 4.69) is 0 Å². The second kappa shape index (κ2) is 4.78. The van der Waals surface area contributed by atoms with E-state index in [-0.39, 0.29) is 0 Å². The summed E-state index contributed by atoms with van der Waals surface area (Å²) in [6.45, 7) is 9.52. The second-order valence-corrected chi connectivity index (χ2v) is 6.51. The van der Waals surface area contributed by atoms with Gasteiger partial charge in [0.1, 0.15) is 11.6 Å². The summed E-state index contributed by atoms with van der Waals surface area (Å²) in [5, 5.41) is 9.34. The molecule has 5 nitrogen and oxygen atoms in total. The number of amides is 1. The van der Waals surface area contributed by atoms with Gasteiger partial charge < -0.3 is 9.84 Å². The molecular weight excluding hydrogens is 234 g/mol. The summed E-state index contributed by atoms with van der Waals surface area (Å²) >= 11 is 0. The Morgan fingerprint density at radius 3 is 2.33 bits per heavy atom. The first-order valence-corrected chi connectivity index (χ1v) is 6.27. The number of nitrogens with zero attached hydrogens (tertiary/aromatic N) is 1. The van der Waals surface area contributed by atoms with Gasteiger partial charge in [0.15, 0.2) is 0 Å². The zero-order valence-electron chi connectivity index (χ0n) is 11.8. The molecule has 0 bridgehead atoms. The van der Waals surface area contributed by atoms with Gasteiger partial charge in [0.25, 0.3) is 0 Å². The van der Waals surface area contributed by atoms with E-state index in [0.717, 1.165) is 12.8 Å². The van der Waals surface area contributed by atoms with Crippen LogP contribution >= 0.6 is 0 Å². The van der Waals surface area contributed by atoms with Crippen LogP contribution < -0.4 is 0 Å². The number of ether oxygens (including phenoxy) is 1. The number of likely N-dealkylation sites (tertiary alicyclic amines) is 1. The predicted octanol–water partition coefficient (Wildman–Crippen LogP) is 2.50. The summed E-state index contributed by atoms with van der Waals surface area (Å²) in [7, 11) is 0. The molecule has 0 unspecified atom stereocenters. The Bertz CT molecular complexity index is 343. The van der Waals surface area contributed by atoms with Gasteiger partial charge in [-0.1, -0.05) is 13.8 Å². The van der Waals surface area contributed by atoms with Crippen LogP contribution in [0.1, 0.15) is 47.5 Å². The average molecular weight is 257 g/mol. The first-order chi connectivity index (χ1) is 8.04. The smallest absolute Gasteiger partial charge is 0.411 e. The lowest BCUT2D eigenvalue weighted by Crippen LogP contribution is -2.57. The number of hydrogen-bond donors (Lipinski definition) is 1. The standard InChI is InChI=1S/C13H23NO4/c1-12(2,3)18-11(17)14-8-6-7-13(4,5)9(14)10(15)16/h9H,6-8H2,1-5H3,(H,15,16)/t9-/m1/s1. The highest BCUT2D eigenvalue weighted by atomic mass is 16.6. The van der Waals surface area contributed by atoms with Crippen LogP contribution in [0.2, 0.25) is 0 Å². The van der Waals surface area contributed by atoms with Crippen molar-refractivity contribution in [2.24, 2.45) is 5.41 Å². The molecule has 1 amide bonds. The molecule has 1 rings (SSSR count). The van der Waals surface area contributed by atoms with Crippen LogP contribution in [-0.4, -0.2) is 40.3 Å². The molecule has 0 radical (unpaired) electrons. The monoisotopic (exact) mass is 257 g/mol. The molecule has 0 aliphatic carbocycles. The van der Waals surface area contributed by atoms with Crippen molar-refractivity contribution in [3.8, 4) is 0 Å². The van der Waals surface area contributed by atoms with E-state index < -0.39 is 29.1 Å². The predicted molar refractivity (Wildman–Crippen MR) is 67.4 cm³/mol. The molecule has 0 spiro atoms. The number of carboxylic acid groups (broad SMARTS) is 1. The van der Waals surface area contributed by atoms with Crippen molar-refractivity contribution in [3.63, 3.8) is 0 Å². The minimum atomic E-state index is -0.967. The van der Waals surface area contributed by atoms with Gasteiger partial charge in [-0.05, 0) is 39.0 Å². The molecule has 1 atom stereocenters. The van der Waals surface area contributed by atoms with Crippen LogP contribution in [0.5, 0.6) is 0 Å². The number of hydrogen-bond acceptors (Lipinski definition) is 3. The molecule has 1 fully saturated rings. The Hall–Kier alpha value is -1.26. The van der Waals surface area contributed by atoms with Crippen molar-refractivity contribution >= 4 is 12.1 Å². The van der Waals surface area contributed by atoms with Gasteiger partial charge in [0, 0.05) is 6.54 Å². The largest absolute Gasteiger partial charge is 0.480 e. The van der Waals surface area contributed by atoms with Crippen LogP contribution in [0.15, 0.2) is 0 Å². The van der Waals surface area contributed by atoms with Gasteiger partial charge in [-0.3, -0.25) is 4.90 Å². The minimum Gasteiger partial charge on any atom is -0.480 e. The molecule has 104 valence electrons. The lowest BCUT2D eigenvalue weighted by molar-refractivity contribution is -0.150. The average Bonchev–Trinajstić information content (AvgIpc) is 2.11. The van der Waals surface area contributed by atoms with E-state index in [1.54, 1.807) is 20.8 Å². The van der Waals surface area contributed by atoms with Crippen molar-refractivity contribution in [3.05, 3.63) is 0 Å². The Morgan fingerprint density at radius 1 is 1.33 bits per heavy atom. The molecule has 1 aliphatic heterocycles. The van der Waals surface area contributed by atoms with Crippen molar-refractivity contribution in [1.29, 1.82) is 0 Å². The van der Waals surface area contributed by atoms with Gasteiger partial charge >= 0.3 is 12.1 Å². The van der Waals surface area contributed by atoms with Gasteiger partial charge in [-0.2, -0.15) is 0 Å². The van der Waals surface area contributed by atoms with Crippen molar-refractivity contribution in [2.75, 3.05) is 6.54 Å². The molecule has 0 aromatic heterocycles. The number of carbonyl (C=O) groups excluding carboxylic acids is 1. The fraction of sp³-hybridized carbons (Fsp3) is 0.846. The summed E-state index contributed by atoms with van der Waals surface area (Å²) in [5.41, 5.74) is -1.04. The van der Waals surface area contributed by atoms with Crippen molar-refractivity contribution in [1.82, 2.24) is 4.90 Å². The van der Waals surface area contributed by atoms with E-state index in [9.17, 15) is 14.7 Å². The van der Waals surface area contributed by atoms with E-state index in [4.69, 9.17) is 4.74 Å².